The zero-order valence-corrected chi connectivity index (χ0v) is 13.8. The summed E-state index contributed by atoms with van der Waals surface area (Å²) in [5.74, 6) is 0.630. The van der Waals surface area contributed by atoms with Crippen LogP contribution in [0.4, 0.5) is 0 Å². The summed E-state index contributed by atoms with van der Waals surface area (Å²) in [4.78, 5) is 8.60. The average molecular weight is 270 g/mol. The van der Waals surface area contributed by atoms with Gasteiger partial charge in [0.05, 0.1) is 0 Å². The van der Waals surface area contributed by atoms with E-state index in [4.69, 9.17) is 8.85 Å². The highest BCUT2D eigenvalue weighted by Crippen LogP contribution is 2.19. The molecule has 0 N–H and O–H groups in total. The van der Waals surface area contributed by atoms with Crippen LogP contribution < -0.4 is 8.85 Å². The van der Waals surface area contributed by atoms with E-state index >= 15 is 0 Å². The van der Waals surface area contributed by atoms with Gasteiger partial charge in [0, 0.05) is 11.8 Å². The first kappa shape index (κ1) is 14.2. The smallest absolute Gasteiger partial charge is 0.306 e. The quantitative estimate of drug-likeness (QED) is 0.788. The lowest BCUT2D eigenvalue weighted by molar-refractivity contribution is 0.473. The molecule has 0 aliphatic rings. The summed E-state index contributed by atoms with van der Waals surface area (Å²) >= 11 is 0. The fourth-order valence-electron chi connectivity index (χ4n) is 1.20. The van der Waals surface area contributed by atoms with Gasteiger partial charge in [-0.1, -0.05) is 0 Å². The van der Waals surface area contributed by atoms with Gasteiger partial charge in [-0.25, -0.2) is 4.98 Å². The first-order valence-corrected chi connectivity index (χ1v) is 12.6. The molecule has 6 heteroatoms. The molecule has 0 aliphatic carbocycles. The third-order valence-electron chi connectivity index (χ3n) is 1.62. The number of hydrogen-bond donors (Lipinski definition) is 0. The molecule has 0 aromatic carbocycles. The highest BCUT2D eigenvalue weighted by molar-refractivity contribution is 6.70. The van der Waals surface area contributed by atoms with Crippen LogP contribution in [-0.4, -0.2) is 26.6 Å². The Hall–Kier alpha value is -0.886. The fourth-order valence-corrected chi connectivity index (χ4v) is 2.57. The van der Waals surface area contributed by atoms with Gasteiger partial charge in [0.25, 0.3) is 0 Å². The Bertz CT molecular complexity index is 363. The van der Waals surface area contributed by atoms with Crippen molar-refractivity contribution >= 4 is 16.6 Å². The van der Waals surface area contributed by atoms with Crippen molar-refractivity contribution in [1.82, 2.24) is 9.97 Å². The third kappa shape index (κ3) is 5.83. The van der Waals surface area contributed by atoms with Gasteiger partial charge in [0.2, 0.25) is 22.5 Å². The van der Waals surface area contributed by atoms with Gasteiger partial charge in [-0.05, 0) is 46.2 Å². The SMILES string of the molecule is Cc1cc(O[Si](C)(C)C)nc(O[Si](C)(C)C)n1. The van der Waals surface area contributed by atoms with Crippen LogP contribution in [0.25, 0.3) is 0 Å². The molecule has 1 rings (SSSR count). The lowest BCUT2D eigenvalue weighted by Gasteiger charge is -2.21. The van der Waals surface area contributed by atoms with Crippen molar-refractivity contribution in [1.29, 1.82) is 0 Å². The van der Waals surface area contributed by atoms with E-state index in [9.17, 15) is 0 Å². The lowest BCUT2D eigenvalue weighted by atomic mass is 10.4. The van der Waals surface area contributed by atoms with Crippen molar-refractivity contribution in [3.8, 4) is 11.9 Å². The molecule has 0 atom stereocenters. The van der Waals surface area contributed by atoms with E-state index in [2.05, 4.69) is 49.3 Å². The summed E-state index contributed by atoms with van der Waals surface area (Å²) in [6, 6.07) is 2.30. The van der Waals surface area contributed by atoms with E-state index in [1.54, 1.807) is 0 Å². The molecular formula is C11H22N2O2Si2. The van der Waals surface area contributed by atoms with E-state index in [1.807, 2.05) is 13.0 Å². The highest BCUT2D eigenvalue weighted by atomic mass is 28.4. The highest BCUT2D eigenvalue weighted by Gasteiger charge is 2.21. The lowest BCUT2D eigenvalue weighted by Crippen LogP contribution is -2.32. The minimum atomic E-state index is -1.67. The Kier molecular flexibility index (Phi) is 3.98. The summed E-state index contributed by atoms with van der Waals surface area (Å²) in [6.07, 6.45) is 0. The fraction of sp³-hybridized carbons (Fsp3) is 0.636. The van der Waals surface area contributed by atoms with Crippen molar-refractivity contribution in [2.75, 3.05) is 0 Å². The summed E-state index contributed by atoms with van der Waals surface area (Å²) < 4.78 is 11.7. The number of nitrogens with zero attached hydrogens (tertiary/aromatic N) is 2. The van der Waals surface area contributed by atoms with Crippen LogP contribution in [0.2, 0.25) is 39.3 Å². The summed E-state index contributed by atoms with van der Waals surface area (Å²) in [7, 11) is -3.31. The summed E-state index contributed by atoms with van der Waals surface area (Å²) in [5.41, 5.74) is 0.876. The second kappa shape index (κ2) is 4.77. The molecule has 0 unspecified atom stereocenters. The molecule has 0 amide bonds. The summed E-state index contributed by atoms with van der Waals surface area (Å²) in [5, 5.41) is 0. The maximum absolute atomic E-state index is 5.86. The van der Waals surface area contributed by atoms with E-state index in [1.165, 1.54) is 0 Å². The zero-order chi connectivity index (χ0) is 13.3. The molecule has 0 fully saturated rings. The van der Waals surface area contributed by atoms with Gasteiger partial charge in [-0.2, -0.15) is 4.98 Å². The molecule has 0 bridgehead atoms. The third-order valence-corrected chi connectivity index (χ3v) is 3.23. The van der Waals surface area contributed by atoms with Crippen LogP contribution in [0.1, 0.15) is 5.69 Å². The van der Waals surface area contributed by atoms with Crippen LogP contribution in [0.15, 0.2) is 6.07 Å². The van der Waals surface area contributed by atoms with Crippen LogP contribution in [0, 0.1) is 6.92 Å². The van der Waals surface area contributed by atoms with Gasteiger partial charge in [-0.15, -0.1) is 0 Å². The van der Waals surface area contributed by atoms with Gasteiger partial charge in [0.1, 0.15) is 0 Å². The van der Waals surface area contributed by atoms with Crippen LogP contribution in [0.5, 0.6) is 11.9 Å². The second-order valence-electron chi connectivity index (χ2n) is 6.06. The predicted octanol–water partition coefficient (Wildman–Crippen LogP) is 3.21. The predicted molar refractivity (Wildman–Crippen MR) is 74.7 cm³/mol. The van der Waals surface area contributed by atoms with Crippen LogP contribution in [-0.2, 0) is 0 Å². The first-order chi connectivity index (χ1) is 7.55. The van der Waals surface area contributed by atoms with Crippen LogP contribution >= 0.6 is 0 Å². The molecule has 0 saturated carbocycles. The second-order valence-corrected chi connectivity index (χ2v) is 14.9. The normalized spacial score (nSPS) is 12.4. The standard InChI is InChI=1S/C11H22N2O2Si2/c1-9-8-10(14-16(2,3)4)13-11(12-9)15-17(5,6)7/h8H,1-7H3. The molecule has 4 nitrogen and oxygen atoms in total. The van der Waals surface area contributed by atoms with Crippen molar-refractivity contribution in [3.63, 3.8) is 0 Å². The van der Waals surface area contributed by atoms with E-state index in [0.29, 0.717) is 11.9 Å². The Morgan fingerprint density at radius 3 is 1.88 bits per heavy atom. The van der Waals surface area contributed by atoms with Gasteiger partial charge >= 0.3 is 6.01 Å². The van der Waals surface area contributed by atoms with E-state index < -0.39 is 16.6 Å². The van der Waals surface area contributed by atoms with Gasteiger partial charge < -0.3 is 8.85 Å². The van der Waals surface area contributed by atoms with Crippen LogP contribution in [0.3, 0.4) is 0 Å². The number of aryl methyl sites for hydroxylation is 1. The zero-order valence-electron chi connectivity index (χ0n) is 11.8. The van der Waals surface area contributed by atoms with Crippen molar-refractivity contribution in [2.45, 2.75) is 46.2 Å². The summed E-state index contributed by atoms with van der Waals surface area (Å²) in [6.45, 7) is 14.6. The minimum Gasteiger partial charge on any atom is -0.531 e. The molecule has 96 valence electrons. The molecule has 1 aromatic rings. The minimum absolute atomic E-state index is 0.442. The molecule has 0 saturated heterocycles. The Balaban J connectivity index is 2.95. The Labute approximate surface area is 106 Å². The van der Waals surface area contributed by atoms with E-state index in [0.717, 1.165) is 5.69 Å². The molecule has 0 radical (unpaired) electrons. The molecule has 0 spiro atoms. The largest absolute Gasteiger partial charge is 0.531 e. The van der Waals surface area contributed by atoms with Crippen molar-refractivity contribution in [3.05, 3.63) is 11.8 Å². The maximum Gasteiger partial charge on any atom is 0.306 e. The molecule has 17 heavy (non-hydrogen) atoms. The maximum atomic E-state index is 5.86. The van der Waals surface area contributed by atoms with Crippen molar-refractivity contribution < 1.29 is 8.85 Å². The van der Waals surface area contributed by atoms with Gasteiger partial charge in [0.15, 0.2) is 0 Å². The topological polar surface area (TPSA) is 44.2 Å². The number of rotatable bonds is 4. The first-order valence-electron chi connectivity index (χ1n) is 5.79. The van der Waals surface area contributed by atoms with Crippen molar-refractivity contribution in [2.24, 2.45) is 0 Å². The molecule has 1 aromatic heterocycles. The number of hydrogen-bond acceptors (Lipinski definition) is 4. The average Bonchev–Trinajstić information content (AvgIpc) is 1.93. The van der Waals surface area contributed by atoms with E-state index in [-0.39, 0.29) is 0 Å². The molecular weight excluding hydrogens is 248 g/mol. The Morgan fingerprint density at radius 1 is 0.882 bits per heavy atom. The van der Waals surface area contributed by atoms with Gasteiger partial charge in [-0.3, -0.25) is 0 Å². The molecule has 0 aliphatic heterocycles. The molecule has 1 heterocycles. The monoisotopic (exact) mass is 270 g/mol. The Morgan fingerprint density at radius 2 is 1.41 bits per heavy atom. The number of aromatic nitrogens is 2.